The van der Waals surface area contributed by atoms with Crippen molar-refractivity contribution in [3.8, 4) is 0 Å². The Bertz CT molecular complexity index is 966. The third kappa shape index (κ3) is 2.68. The van der Waals surface area contributed by atoms with E-state index in [-0.39, 0.29) is 11.0 Å². The van der Waals surface area contributed by atoms with Crippen LogP contribution in [-0.4, -0.2) is 34.0 Å². The highest BCUT2D eigenvalue weighted by atomic mass is 16.1. The molecule has 6 rings (SSSR count). The number of fused-ring (bicyclic) bond motifs is 3. The molecular weight excluding hydrogens is 346 g/mol. The van der Waals surface area contributed by atoms with Gasteiger partial charge in [0.2, 0.25) is 0 Å². The lowest BCUT2D eigenvalue weighted by Crippen LogP contribution is -2.48. The van der Waals surface area contributed by atoms with Crippen LogP contribution >= 0.6 is 0 Å². The SMILES string of the molecule is O=c1[nH]c(C2CC2)nc2c1CCC21CCN(C2CCc3ccccc3C2)CC1. The average Bonchev–Trinajstić information content (AvgIpc) is 3.53. The molecule has 1 aromatic carbocycles. The Morgan fingerprint density at radius 3 is 2.57 bits per heavy atom. The molecule has 4 nitrogen and oxygen atoms in total. The first-order chi connectivity index (χ1) is 13.7. The Kier molecular flexibility index (Phi) is 3.81. The smallest absolute Gasteiger partial charge is 0.254 e. The standard InChI is InChI=1S/C24H29N3O/c28-23-20-9-10-24(21(20)25-22(26-23)17-5-6-17)11-13-27(14-12-24)19-8-7-16-3-1-2-4-18(16)15-19/h1-4,17,19H,5-15H2,(H,25,26,28). The molecule has 1 unspecified atom stereocenters. The lowest BCUT2D eigenvalue weighted by Gasteiger charge is -2.44. The van der Waals surface area contributed by atoms with Gasteiger partial charge in [-0.05, 0) is 82.0 Å². The predicted molar refractivity (Wildman–Crippen MR) is 110 cm³/mol. The van der Waals surface area contributed by atoms with E-state index in [1.807, 2.05) is 0 Å². The Balaban J connectivity index is 1.21. The van der Waals surface area contributed by atoms with Crippen LogP contribution in [0.1, 0.15) is 72.7 Å². The normalized spacial score (nSPS) is 26.2. The van der Waals surface area contributed by atoms with Gasteiger partial charge in [-0.2, -0.15) is 0 Å². The number of aromatic amines is 1. The summed E-state index contributed by atoms with van der Waals surface area (Å²) in [5.41, 5.74) is 5.57. The van der Waals surface area contributed by atoms with Crippen molar-refractivity contribution in [1.29, 1.82) is 0 Å². The fourth-order valence-corrected chi connectivity index (χ4v) is 6.01. The van der Waals surface area contributed by atoms with Crippen molar-refractivity contribution in [3.63, 3.8) is 0 Å². The summed E-state index contributed by atoms with van der Waals surface area (Å²) in [6.45, 7) is 2.30. The molecule has 0 bridgehead atoms. The van der Waals surface area contributed by atoms with Crippen molar-refractivity contribution < 1.29 is 0 Å². The van der Waals surface area contributed by atoms with E-state index < -0.39 is 0 Å². The van der Waals surface area contributed by atoms with Gasteiger partial charge < -0.3 is 4.98 Å². The Morgan fingerprint density at radius 1 is 1.00 bits per heavy atom. The number of likely N-dealkylation sites (tertiary alicyclic amines) is 1. The molecule has 1 saturated heterocycles. The molecule has 1 saturated carbocycles. The number of nitrogens with one attached hydrogen (secondary N) is 1. The van der Waals surface area contributed by atoms with Gasteiger partial charge in [-0.25, -0.2) is 4.98 Å². The van der Waals surface area contributed by atoms with Crippen LogP contribution in [0.5, 0.6) is 0 Å². The second kappa shape index (κ2) is 6.28. The summed E-state index contributed by atoms with van der Waals surface area (Å²) < 4.78 is 0. The van der Waals surface area contributed by atoms with Crippen LogP contribution < -0.4 is 5.56 Å². The molecule has 1 spiro atoms. The summed E-state index contributed by atoms with van der Waals surface area (Å²) in [6.07, 6.45) is 10.4. The molecule has 2 fully saturated rings. The number of H-pyrrole nitrogens is 1. The molecule has 2 heterocycles. The quantitative estimate of drug-likeness (QED) is 0.874. The summed E-state index contributed by atoms with van der Waals surface area (Å²) in [4.78, 5) is 23.5. The molecule has 1 aliphatic heterocycles. The number of benzene rings is 1. The summed E-state index contributed by atoms with van der Waals surface area (Å²) >= 11 is 0. The second-order valence-corrected chi connectivity index (χ2v) is 9.53. The van der Waals surface area contributed by atoms with Crippen molar-refractivity contribution in [2.24, 2.45) is 0 Å². The van der Waals surface area contributed by atoms with Gasteiger partial charge in [0, 0.05) is 22.9 Å². The van der Waals surface area contributed by atoms with Crippen LogP contribution in [0, 0.1) is 0 Å². The second-order valence-electron chi connectivity index (χ2n) is 9.53. The largest absolute Gasteiger partial charge is 0.310 e. The van der Waals surface area contributed by atoms with Crippen LogP contribution in [0.15, 0.2) is 29.1 Å². The first-order valence-electron chi connectivity index (χ1n) is 11.2. The molecule has 0 amide bonds. The molecule has 0 radical (unpaired) electrons. The molecule has 146 valence electrons. The lowest BCUT2D eigenvalue weighted by molar-refractivity contribution is 0.104. The van der Waals surface area contributed by atoms with E-state index in [1.54, 1.807) is 11.1 Å². The molecule has 1 atom stereocenters. The number of piperidine rings is 1. The highest BCUT2D eigenvalue weighted by Gasteiger charge is 2.45. The van der Waals surface area contributed by atoms with Gasteiger partial charge in [-0.3, -0.25) is 9.69 Å². The van der Waals surface area contributed by atoms with Gasteiger partial charge in [0.15, 0.2) is 0 Å². The Morgan fingerprint density at radius 2 is 1.79 bits per heavy atom. The molecule has 1 aromatic heterocycles. The fourth-order valence-electron chi connectivity index (χ4n) is 6.01. The average molecular weight is 376 g/mol. The number of aromatic nitrogens is 2. The molecule has 1 N–H and O–H groups in total. The fraction of sp³-hybridized carbons (Fsp3) is 0.583. The Hall–Kier alpha value is -1.94. The third-order valence-electron chi connectivity index (χ3n) is 7.95. The minimum absolute atomic E-state index is 0.148. The van der Waals surface area contributed by atoms with Crippen molar-refractivity contribution in [2.75, 3.05) is 13.1 Å². The van der Waals surface area contributed by atoms with Crippen molar-refractivity contribution in [3.05, 3.63) is 62.8 Å². The highest BCUT2D eigenvalue weighted by Crippen LogP contribution is 2.46. The summed E-state index contributed by atoms with van der Waals surface area (Å²) in [5, 5.41) is 0. The van der Waals surface area contributed by atoms with E-state index in [0.29, 0.717) is 12.0 Å². The van der Waals surface area contributed by atoms with Gasteiger partial charge in [0.1, 0.15) is 5.82 Å². The molecule has 3 aliphatic carbocycles. The molecule has 28 heavy (non-hydrogen) atoms. The molecule has 2 aromatic rings. The number of rotatable bonds is 2. The maximum atomic E-state index is 12.6. The van der Waals surface area contributed by atoms with E-state index in [4.69, 9.17) is 4.98 Å². The van der Waals surface area contributed by atoms with E-state index in [0.717, 1.165) is 37.3 Å². The first kappa shape index (κ1) is 17.0. The summed E-state index contributed by atoms with van der Waals surface area (Å²) in [7, 11) is 0. The van der Waals surface area contributed by atoms with Crippen LogP contribution in [0.25, 0.3) is 0 Å². The number of hydrogen-bond donors (Lipinski definition) is 1. The lowest BCUT2D eigenvalue weighted by atomic mass is 9.75. The van der Waals surface area contributed by atoms with Gasteiger partial charge >= 0.3 is 0 Å². The van der Waals surface area contributed by atoms with E-state index in [9.17, 15) is 4.79 Å². The molecule has 4 heteroatoms. The topological polar surface area (TPSA) is 49.0 Å². The van der Waals surface area contributed by atoms with Crippen LogP contribution in [0.3, 0.4) is 0 Å². The van der Waals surface area contributed by atoms with Gasteiger partial charge in [0.25, 0.3) is 5.56 Å². The van der Waals surface area contributed by atoms with Crippen LogP contribution in [0.2, 0.25) is 0 Å². The Labute approximate surface area is 166 Å². The maximum Gasteiger partial charge on any atom is 0.254 e. The highest BCUT2D eigenvalue weighted by molar-refractivity contribution is 5.35. The third-order valence-corrected chi connectivity index (χ3v) is 7.95. The minimum Gasteiger partial charge on any atom is -0.310 e. The predicted octanol–water partition coefficient (Wildman–Crippen LogP) is 3.48. The van der Waals surface area contributed by atoms with Crippen molar-refractivity contribution in [2.45, 2.75) is 75.2 Å². The molecule has 4 aliphatic rings. The molecular formula is C24H29N3O. The van der Waals surface area contributed by atoms with Crippen LogP contribution in [0.4, 0.5) is 0 Å². The van der Waals surface area contributed by atoms with Gasteiger partial charge in [-0.15, -0.1) is 0 Å². The van der Waals surface area contributed by atoms with Crippen molar-refractivity contribution >= 4 is 0 Å². The minimum atomic E-state index is 0.148. The van der Waals surface area contributed by atoms with E-state index >= 15 is 0 Å². The van der Waals surface area contributed by atoms with Crippen molar-refractivity contribution in [1.82, 2.24) is 14.9 Å². The van der Waals surface area contributed by atoms with Gasteiger partial charge in [-0.1, -0.05) is 24.3 Å². The zero-order valence-electron chi connectivity index (χ0n) is 16.5. The zero-order valence-corrected chi connectivity index (χ0v) is 16.5. The van der Waals surface area contributed by atoms with Gasteiger partial charge in [0.05, 0.1) is 5.69 Å². The number of nitrogens with zero attached hydrogens (tertiary/aromatic N) is 2. The zero-order chi connectivity index (χ0) is 18.7. The van der Waals surface area contributed by atoms with E-state index in [2.05, 4.69) is 34.1 Å². The summed E-state index contributed by atoms with van der Waals surface area (Å²) in [5.74, 6) is 1.48. The van der Waals surface area contributed by atoms with E-state index in [1.165, 1.54) is 50.6 Å². The monoisotopic (exact) mass is 375 g/mol. The maximum absolute atomic E-state index is 12.6. The summed E-state index contributed by atoms with van der Waals surface area (Å²) in [6, 6.07) is 9.65. The number of aryl methyl sites for hydroxylation is 1. The van der Waals surface area contributed by atoms with Crippen LogP contribution in [-0.2, 0) is 24.7 Å². The number of hydrogen-bond acceptors (Lipinski definition) is 3. The first-order valence-corrected chi connectivity index (χ1v) is 11.2.